The molecule has 0 aliphatic heterocycles. The van der Waals surface area contributed by atoms with Crippen LogP contribution in [-0.4, -0.2) is 5.91 Å². The Hall–Kier alpha value is -1.33. The zero-order valence-electron chi connectivity index (χ0n) is 11.7. The number of anilines is 1. The van der Waals surface area contributed by atoms with Gasteiger partial charge in [-0.25, -0.2) is 0 Å². The molecule has 1 aromatic heterocycles. The molecule has 0 saturated carbocycles. The minimum atomic E-state index is -0.0980. The van der Waals surface area contributed by atoms with Crippen LogP contribution in [0.25, 0.3) is 0 Å². The van der Waals surface area contributed by atoms with Gasteiger partial charge in [-0.2, -0.15) is 0 Å². The van der Waals surface area contributed by atoms with Gasteiger partial charge in [-0.1, -0.05) is 15.9 Å². The third kappa shape index (κ3) is 3.22. The topological polar surface area (TPSA) is 55.1 Å². The molecule has 0 fully saturated rings. The largest absolute Gasteiger partial charge is 0.398 e. The van der Waals surface area contributed by atoms with Crippen molar-refractivity contribution in [1.82, 2.24) is 5.32 Å². The van der Waals surface area contributed by atoms with Crippen LogP contribution < -0.4 is 11.1 Å². The van der Waals surface area contributed by atoms with E-state index in [0.717, 1.165) is 14.9 Å². The number of halogens is 1. The summed E-state index contributed by atoms with van der Waals surface area (Å²) in [6.07, 6.45) is 0. The Kier molecular flexibility index (Phi) is 4.50. The molecule has 0 aliphatic carbocycles. The highest BCUT2D eigenvalue weighted by Crippen LogP contribution is 2.23. The molecule has 5 heteroatoms. The number of amides is 1. The highest BCUT2D eigenvalue weighted by molar-refractivity contribution is 9.10. The fourth-order valence-corrected chi connectivity index (χ4v) is 3.40. The molecule has 3 N–H and O–H groups in total. The fraction of sp³-hybridized carbons (Fsp3) is 0.267. The molecule has 2 aromatic rings. The van der Waals surface area contributed by atoms with E-state index in [1.165, 1.54) is 10.4 Å². The lowest BCUT2D eigenvalue weighted by molar-refractivity contribution is 0.0950. The molecule has 0 saturated heterocycles. The molecule has 1 heterocycles. The van der Waals surface area contributed by atoms with E-state index >= 15 is 0 Å². The van der Waals surface area contributed by atoms with Crippen molar-refractivity contribution in [2.24, 2.45) is 0 Å². The second-order valence-electron chi connectivity index (χ2n) is 4.80. The number of carbonyl (C=O) groups excluding carboxylic acids is 1. The van der Waals surface area contributed by atoms with Gasteiger partial charge >= 0.3 is 0 Å². The molecule has 106 valence electrons. The quantitative estimate of drug-likeness (QED) is 0.821. The van der Waals surface area contributed by atoms with Gasteiger partial charge in [0.2, 0.25) is 0 Å². The van der Waals surface area contributed by atoms with Gasteiger partial charge < -0.3 is 11.1 Å². The number of nitrogens with two attached hydrogens (primary N) is 1. The van der Waals surface area contributed by atoms with E-state index in [-0.39, 0.29) is 5.91 Å². The fourth-order valence-electron chi connectivity index (χ4n) is 1.94. The van der Waals surface area contributed by atoms with Crippen molar-refractivity contribution in [2.45, 2.75) is 27.3 Å². The number of nitrogen functional groups attached to an aromatic ring is 1. The van der Waals surface area contributed by atoms with E-state index < -0.39 is 0 Å². The van der Waals surface area contributed by atoms with Crippen LogP contribution in [0.4, 0.5) is 5.69 Å². The van der Waals surface area contributed by atoms with Gasteiger partial charge in [0.05, 0.1) is 6.54 Å². The second-order valence-corrected chi connectivity index (χ2v) is 7.06. The number of thiophene rings is 1. The first-order chi connectivity index (χ1) is 9.38. The number of benzene rings is 1. The van der Waals surface area contributed by atoms with E-state index in [1.54, 1.807) is 23.5 Å². The van der Waals surface area contributed by atoms with Crippen LogP contribution >= 0.6 is 27.3 Å². The number of hydrogen-bond acceptors (Lipinski definition) is 3. The Labute approximate surface area is 131 Å². The summed E-state index contributed by atoms with van der Waals surface area (Å²) in [5.41, 5.74) is 9.19. The summed E-state index contributed by atoms with van der Waals surface area (Å²) < 4.78 is 0.813. The summed E-state index contributed by atoms with van der Waals surface area (Å²) in [6.45, 7) is 6.57. The minimum Gasteiger partial charge on any atom is -0.398 e. The average molecular weight is 353 g/mol. The molecule has 2 rings (SSSR count). The highest BCUT2D eigenvalue weighted by atomic mass is 79.9. The molecule has 0 unspecified atom stereocenters. The van der Waals surface area contributed by atoms with Crippen molar-refractivity contribution in [3.63, 3.8) is 0 Å². The first-order valence-corrected chi connectivity index (χ1v) is 7.89. The van der Waals surface area contributed by atoms with Crippen molar-refractivity contribution in [3.8, 4) is 0 Å². The summed E-state index contributed by atoms with van der Waals surface area (Å²) in [6, 6.07) is 5.71. The van der Waals surface area contributed by atoms with Gasteiger partial charge in [0.25, 0.3) is 5.91 Å². The summed E-state index contributed by atoms with van der Waals surface area (Å²) in [5, 5.41) is 2.95. The van der Waals surface area contributed by atoms with Crippen molar-refractivity contribution in [1.29, 1.82) is 0 Å². The van der Waals surface area contributed by atoms with Crippen LogP contribution in [0.15, 0.2) is 22.7 Å². The Balaban J connectivity index is 2.13. The number of carbonyl (C=O) groups is 1. The zero-order valence-corrected chi connectivity index (χ0v) is 14.1. The lowest BCUT2D eigenvalue weighted by Gasteiger charge is -2.09. The molecular weight excluding hydrogens is 336 g/mol. The van der Waals surface area contributed by atoms with Crippen LogP contribution in [0.3, 0.4) is 0 Å². The van der Waals surface area contributed by atoms with Crippen LogP contribution in [0.5, 0.6) is 0 Å². The van der Waals surface area contributed by atoms with E-state index in [4.69, 9.17) is 5.73 Å². The Morgan fingerprint density at radius 1 is 1.30 bits per heavy atom. The molecule has 1 amide bonds. The Morgan fingerprint density at radius 3 is 2.60 bits per heavy atom. The Bertz CT molecular complexity index is 645. The number of nitrogens with one attached hydrogen (secondary N) is 1. The predicted molar refractivity (Wildman–Crippen MR) is 88.3 cm³/mol. The molecule has 0 spiro atoms. The van der Waals surface area contributed by atoms with Gasteiger partial charge in [-0.3, -0.25) is 4.79 Å². The third-order valence-corrected chi connectivity index (χ3v) is 4.91. The molecule has 20 heavy (non-hydrogen) atoms. The van der Waals surface area contributed by atoms with Gasteiger partial charge in [0, 0.05) is 25.5 Å². The average Bonchev–Trinajstić information content (AvgIpc) is 2.70. The number of aryl methyl sites for hydroxylation is 2. The number of hydrogen-bond donors (Lipinski definition) is 2. The molecule has 3 nitrogen and oxygen atoms in total. The van der Waals surface area contributed by atoms with Gasteiger partial charge in [-0.15, -0.1) is 11.3 Å². The third-order valence-electron chi connectivity index (χ3n) is 3.30. The van der Waals surface area contributed by atoms with Gasteiger partial charge in [-0.05, 0) is 50.1 Å². The highest BCUT2D eigenvalue weighted by Gasteiger charge is 2.12. The lowest BCUT2D eigenvalue weighted by Crippen LogP contribution is -2.23. The molecule has 0 atom stereocenters. The van der Waals surface area contributed by atoms with Crippen molar-refractivity contribution < 1.29 is 4.79 Å². The summed E-state index contributed by atoms with van der Waals surface area (Å²) >= 11 is 5.08. The van der Waals surface area contributed by atoms with Crippen LogP contribution in [-0.2, 0) is 6.54 Å². The normalized spacial score (nSPS) is 10.6. The molecule has 0 aliphatic rings. The predicted octanol–water partition coefficient (Wildman–Crippen LogP) is 3.95. The summed E-state index contributed by atoms with van der Waals surface area (Å²) in [5.74, 6) is -0.0980. The van der Waals surface area contributed by atoms with Crippen molar-refractivity contribution >= 4 is 38.9 Å². The summed E-state index contributed by atoms with van der Waals surface area (Å²) in [7, 11) is 0. The molecule has 1 aromatic carbocycles. The van der Waals surface area contributed by atoms with Crippen LogP contribution in [0.1, 0.15) is 31.2 Å². The smallest absolute Gasteiger partial charge is 0.251 e. The first kappa shape index (κ1) is 15.1. The van der Waals surface area contributed by atoms with Crippen molar-refractivity contribution in [3.05, 3.63) is 49.1 Å². The van der Waals surface area contributed by atoms with E-state index in [9.17, 15) is 4.79 Å². The molecule has 0 bridgehead atoms. The molecular formula is C15H17BrN2OS. The van der Waals surface area contributed by atoms with E-state index in [2.05, 4.69) is 41.2 Å². The van der Waals surface area contributed by atoms with E-state index in [1.807, 2.05) is 6.92 Å². The first-order valence-electron chi connectivity index (χ1n) is 6.28. The van der Waals surface area contributed by atoms with E-state index in [0.29, 0.717) is 17.8 Å². The van der Waals surface area contributed by atoms with Crippen LogP contribution in [0.2, 0.25) is 0 Å². The zero-order chi connectivity index (χ0) is 14.9. The summed E-state index contributed by atoms with van der Waals surface area (Å²) in [4.78, 5) is 14.7. The monoisotopic (exact) mass is 352 g/mol. The minimum absolute atomic E-state index is 0.0980. The SMILES string of the molecule is Cc1cc(CNC(=O)c2cc(Br)cc(N)c2C)sc1C. The number of rotatable bonds is 3. The maximum absolute atomic E-state index is 12.3. The molecule has 0 radical (unpaired) electrons. The van der Waals surface area contributed by atoms with Gasteiger partial charge in [0.15, 0.2) is 0 Å². The maximum atomic E-state index is 12.3. The van der Waals surface area contributed by atoms with Crippen LogP contribution in [0, 0.1) is 20.8 Å². The lowest BCUT2D eigenvalue weighted by atomic mass is 10.1. The van der Waals surface area contributed by atoms with Crippen molar-refractivity contribution in [2.75, 3.05) is 5.73 Å². The maximum Gasteiger partial charge on any atom is 0.251 e. The second kappa shape index (κ2) is 5.97. The Morgan fingerprint density at radius 2 is 2.00 bits per heavy atom. The van der Waals surface area contributed by atoms with Gasteiger partial charge in [0.1, 0.15) is 0 Å². The standard InChI is InChI=1S/C15H17BrN2OS/c1-8-4-12(20-10(8)3)7-18-15(19)13-5-11(16)6-14(17)9(13)2/h4-6H,7,17H2,1-3H3,(H,18,19).